The monoisotopic (exact) mass is 469 g/mol. The van der Waals surface area contributed by atoms with Gasteiger partial charge in [-0.25, -0.2) is 4.98 Å². The lowest BCUT2D eigenvalue weighted by atomic mass is 9.96. The van der Waals surface area contributed by atoms with Crippen LogP contribution >= 0.6 is 0 Å². The second-order valence-electron chi connectivity index (χ2n) is 9.40. The fraction of sp³-hybridized carbons (Fsp3) is 0.346. The predicted octanol–water partition coefficient (Wildman–Crippen LogP) is 3.01. The minimum absolute atomic E-state index is 0.0924. The predicted molar refractivity (Wildman–Crippen MR) is 132 cm³/mol. The van der Waals surface area contributed by atoms with Gasteiger partial charge in [0, 0.05) is 61.1 Å². The lowest BCUT2D eigenvalue weighted by Crippen LogP contribution is -2.45. The molecule has 4 aromatic rings. The summed E-state index contributed by atoms with van der Waals surface area (Å²) in [4.78, 5) is 37.1. The molecule has 0 aliphatic carbocycles. The molecule has 4 aromatic heterocycles. The molecule has 2 amide bonds. The van der Waals surface area contributed by atoms with Crippen molar-refractivity contribution in [3.05, 3.63) is 61.2 Å². The summed E-state index contributed by atoms with van der Waals surface area (Å²) in [6.07, 6.45) is 9.27. The van der Waals surface area contributed by atoms with Crippen LogP contribution in [0.5, 0.6) is 0 Å². The molecule has 1 N–H and O–H groups in total. The van der Waals surface area contributed by atoms with Crippen LogP contribution in [0.4, 0.5) is 0 Å². The number of piperidine rings is 1. The lowest BCUT2D eigenvalue weighted by Gasteiger charge is -2.33. The Morgan fingerprint density at radius 3 is 2.86 bits per heavy atom. The lowest BCUT2D eigenvalue weighted by molar-refractivity contribution is -0.138. The Morgan fingerprint density at radius 2 is 1.97 bits per heavy atom. The molecule has 6 rings (SSSR count). The van der Waals surface area contributed by atoms with E-state index in [-0.39, 0.29) is 23.7 Å². The second kappa shape index (κ2) is 8.65. The average molecular weight is 470 g/mol. The molecule has 1 unspecified atom stereocenters. The first-order valence-electron chi connectivity index (χ1n) is 12.1. The summed E-state index contributed by atoms with van der Waals surface area (Å²) < 4.78 is 1.63. The van der Waals surface area contributed by atoms with Crippen LogP contribution in [0.1, 0.15) is 30.9 Å². The van der Waals surface area contributed by atoms with Crippen LogP contribution in [-0.4, -0.2) is 72.6 Å². The van der Waals surface area contributed by atoms with Crippen molar-refractivity contribution in [1.82, 2.24) is 34.6 Å². The Hall–Kier alpha value is -4.01. The van der Waals surface area contributed by atoms with Crippen LogP contribution in [0.2, 0.25) is 0 Å². The summed E-state index contributed by atoms with van der Waals surface area (Å²) >= 11 is 0. The Balaban J connectivity index is 1.22. The fourth-order valence-electron chi connectivity index (χ4n) is 5.52. The molecular formula is C26H27N7O2. The number of nitrogens with zero attached hydrogens (tertiary/aromatic N) is 6. The van der Waals surface area contributed by atoms with Crippen molar-refractivity contribution in [1.29, 1.82) is 0 Å². The van der Waals surface area contributed by atoms with Gasteiger partial charge < -0.3 is 14.8 Å². The first kappa shape index (κ1) is 21.5. The smallest absolute Gasteiger partial charge is 0.245 e. The number of carbonyl (C=O) groups is 2. The van der Waals surface area contributed by atoms with Crippen LogP contribution in [0.15, 0.2) is 55.5 Å². The van der Waals surface area contributed by atoms with Gasteiger partial charge in [-0.2, -0.15) is 14.8 Å². The Bertz CT molecular complexity index is 1440. The largest absolute Gasteiger partial charge is 0.343 e. The molecular weight excluding hydrogens is 442 g/mol. The van der Waals surface area contributed by atoms with Gasteiger partial charge in [0.2, 0.25) is 11.8 Å². The first-order chi connectivity index (χ1) is 17.1. The van der Waals surface area contributed by atoms with Gasteiger partial charge in [-0.3, -0.25) is 9.59 Å². The van der Waals surface area contributed by atoms with Crippen LogP contribution in [-0.2, 0) is 9.59 Å². The number of pyridine rings is 1. The number of hydrogen-bond acceptors (Lipinski definition) is 5. The first-order valence-corrected chi connectivity index (χ1v) is 12.1. The van der Waals surface area contributed by atoms with Gasteiger partial charge in [0.15, 0.2) is 0 Å². The molecule has 0 bridgehead atoms. The summed E-state index contributed by atoms with van der Waals surface area (Å²) in [5.74, 6) is 0.153. The van der Waals surface area contributed by atoms with Gasteiger partial charge in [-0.1, -0.05) is 6.58 Å². The number of H-pyrrole nitrogens is 1. The van der Waals surface area contributed by atoms with E-state index < -0.39 is 0 Å². The number of rotatable bonds is 4. The highest BCUT2D eigenvalue weighted by Crippen LogP contribution is 2.35. The van der Waals surface area contributed by atoms with Crippen molar-refractivity contribution in [3.8, 4) is 11.1 Å². The van der Waals surface area contributed by atoms with Gasteiger partial charge in [0.05, 0.1) is 17.6 Å². The topological polar surface area (TPSA) is 99.5 Å². The number of aromatic amines is 1. The number of fused-ring (bicyclic) bond motifs is 2. The third-order valence-electron chi connectivity index (χ3n) is 7.34. The molecule has 9 heteroatoms. The maximum absolute atomic E-state index is 13.3. The third-order valence-corrected chi connectivity index (χ3v) is 7.34. The highest BCUT2D eigenvalue weighted by molar-refractivity contribution is 5.97. The molecule has 0 aromatic carbocycles. The van der Waals surface area contributed by atoms with Crippen LogP contribution < -0.4 is 0 Å². The van der Waals surface area contributed by atoms with Crippen molar-refractivity contribution in [3.63, 3.8) is 0 Å². The van der Waals surface area contributed by atoms with Crippen LogP contribution in [0, 0.1) is 5.92 Å². The summed E-state index contributed by atoms with van der Waals surface area (Å²) in [7, 11) is 0. The SMILES string of the molecule is C=CC(=O)N1CCCC(C(=O)N2CC[C@H](c3cc4c(-c5cnn6ncccc56)ccnc4[nH]3)C2)C1. The standard InChI is InChI=1S/C26H27N7O2/c1-2-24(34)31-11-4-5-18(16-31)26(35)32-12-8-17(15-32)22-13-20-19(7-10-27-25(20)30-22)21-14-29-33-23(21)6-3-9-28-33/h2-3,6-7,9-10,13-14,17-18H,1,4-5,8,11-12,15-16H2,(H,27,30)/t17-,18?/m0/s1. The minimum atomic E-state index is -0.133. The van der Waals surface area contributed by atoms with E-state index in [0.29, 0.717) is 19.6 Å². The van der Waals surface area contributed by atoms with Gasteiger partial charge in [-0.05, 0) is 55.2 Å². The van der Waals surface area contributed by atoms with E-state index in [2.05, 4.69) is 32.8 Å². The minimum Gasteiger partial charge on any atom is -0.343 e. The molecule has 2 saturated heterocycles. The average Bonchev–Trinajstić information content (AvgIpc) is 3.65. The number of nitrogens with one attached hydrogen (secondary N) is 1. The molecule has 2 atom stereocenters. The zero-order valence-electron chi connectivity index (χ0n) is 19.4. The van der Waals surface area contributed by atoms with E-state index in [0.717, 1.165) is 59.2 Å². The molecule has 178 valence electrons. The molecule has 2 fully saturated rings. The fourth-order valence-corrected chi connectivity index (χ4v) is 5.52. The quantitative estimate of drug-likeness (QED) is 0.463. The summed E-state index contributed by atoms with van der Waals surface area (Å²) in [5.41, 5.74) is 4.93. The molecule has 35 heavy (non-hydrogen) atoms. The number of likely N-dealkylation sites (tertiary alicyclic amines) is 2. The number of amides is 2. The highest BCUT2D eigenvalue weighted by atomic mass is 16.2. The van der Waals surface area contributed by atoms with E-state index in [1.54, 1.807) is 15.7 Å². The van der Waals surface area contributed by atoms with E-state index in [1.807, 2.05) is 35.5 Å². The second-order valence-corrected chi connectivity index (χ2v) is 9.40. The van der Waals surface area contributed by atoms with Gasteiger partial charge in [0.1, 0.15) is 5.65 Å². The van der Waals surface area contributed by atoms with Crippen LogP contribution in [0.25, 0.3) is 27.7 Å². The third kappa shape index (κ3) is 3.77. The molecule has 0 saturated carbocycles. The Labute approximate surface area is 202 Å². The van der Waals surface area contributed by atoms with Crippen molar-refractivity contribution in [2.75, 3.05) is 26.2 Å². The van der Waals surface area contributed by atoms with E-state index >= 15 is 0 Å². The van der Waals surface area contributed by atoms with Gasteiger partial charge in [0.25, 0.3) is 0 Å². The maximum Gasteiger partial charge on any atom is 0.245 e. The molecule has 2 aliphatic rings. The Morgan fingerprint density at radius 1 is 1.06 bits per heavy atom. The van der Waals surface area contributed by atoms with Gasteiger partial charge >= 0.3 is 0 Å². The van der Waals surface area contributed by atoms with E-state index in [9.17, 15) is 9.59 Å². The zero-order chi connectivity index (χ0) is 23.9. The number of aromatic nitrogens is 5. The van der Waals surface area contributed by atoms with Gasteiger partial charge in [-0.15, -0.1) is 0 Å². The molecule has 0 spiro atoms. The van der Waals surface area contributed by atoms with Crippen molar-refractivity contribution < 1.29 is 9.59 Å². The Kier molecular flexibility index (Phi) is 5.32. The summed E-state index contributed by atoms with van der Waals surface area (Å²) in [6, 6.07) is 8.09. The number of hydrogen-bond donors (Lipinski definition) is 1. The molecule has 6 heterocycles. The highest BCUT2D eigenvalue weighted by Gasteiger charge is 2.35. The van der Waals surface area contributed by atoms with Crippen molar-refractivity contribution in [2.24, 2.45) is 5.92 Å². The summed E-state index contributed by atoms with van der Waals surface area (Å²) in [6.45, 7) is 6.16. The molecule has 0 radical (unpaired) electrons. The van der Waals surface area contributed by atoms with Crippen molar-refractivity contribution in [2.45, 2.75) is 25.2 Å². The summed E-state index contributed by atoms with van der Waals surface area (Å²) in [5, 5.41) is 9.70. The number of carbonyl (C=O) groups excluding carboxylic acids is 2. The molecule has 9 nitrogen and oxygen atoms in total. The maximum atomic E-state index is 13.3. The van der Waals surface area contributed by atoms with E-state index in [4.69, 9.17) is 0 Å². The molecule has 2 aliphatic heterocycles. The zero-order valence-corrected chi connectivity index (χ0v) is 19.4. The van der Waals surface area contributed by atoms with Crippen molar-refractivity contribution >= 4 is 28.4 Å². The normalized spacial score (nSPS) is 20.6. The van der Waals surface area contributed by atoms with Crippen LogP contribution in [0.3, 0.4) is 0 Å². The van der Waals surface area contributed by atoms with E-state index in [1.165, 1.54) is 6.08 Å².